The molecule has 0 saturated heterocycles. The van der Waals surface area contributed by atoms with Gasteiger partial charge in [0, 0.05) is 71.0 Å². The lowest BCUT2D eigenvalue weighted by molar-refractivity contribution is -0.145. The summed E-state index contributed by atoms with van der Waals surface area (Å²) in [7, 11) is 1.60. The van der Waals surface area contributed by atoms with Crippen LogP contribution in [0.2, 0.25) is 0 Å². The Kier molecular flexibility index (Phi) is 64.3. The molecule has 0 bridgehead atoms. The third-order valence-electron chi connectivity index (χ3n) is 8.28. The Labute approximate surface area is 495 Å². The molecule has 2 aromatic rings. The quantitative estimate of drug-likeness (QED) is 0.0309. The summed E-state index contributed by atoms with van der Waals surface area (Å²) in [6, 6.07) is 16.8. The molecule has 2 rings (SSSR count). The van der Waals surface area contributed by atoms with Gasteiger partial charge < -0.3 is 43.8 Å². The predicted molar refractivity (Wildman–Crippen MR) is 333 cm³/mol. The highest BCUT2D eigenvalue weighted by molar-refractivity contribution is 6.06. The largest absolute Gasteiger partial charge is 0.497 e. The van der Waals surface area contributed by atoms with Gasteiger partial charge in [-0.1, -0.05) is 123 Å². The van der Waals surface area contributed by atoms with Gasteiger partial charge in [-0.2, -0.15) is 0 Å². The third kappa shape index (κ3) is 62.1. The number of amides is 2. The van der Waals surface area contributed by atoms with E-state index in [4.69, 9.17) is 23.7 Å². The standard InChI is InChI=1S/C16H14O2.C12H18O4.C10H14O4.C6H11NO.C6H10O2.C5H9NO.C5H8O2.C4H8.CH4/c1-18-15-10-8-14(9-11-15)16(17)12-7-13-5-3-2-4-6-13;1-8(2)11(13)15-6-10(5)7-16-12(14)9(3)4;1-4-9(11)13-6-8(3)7-14-10(12)5-2;1-4-7-6(8)5(2)3;1-4-8-6(7)5(2)3;1-3-5(7)6-4-2;1-3-5(6)7-4-2;1-3-4-2;/h2-12H,1H3;10H,1,3,6-7H2,2,4-5H3;4-5,8H,1-2,6-7H2,3H3;2,4H2,1,3H3,(H,7,8);2,4H2,1,3H3;3H,1,4H2,2H3,(H,6,7);3H,1,4H2,2H3;3H,1,4H2,2H3;1H4. The van der Waals surface area contributed by atoms with Crippen molar-refractivity contribution in [2.24, 2.45) is 11.8 Å². The summed E-state index contributed by atoms with van der Waals surface area (Å²) in [6.45, 7) is 52.6. The first-order valence-electron chi connectivity index (χ1n) is 25.8. The summed E-state index contributed by atoms with van der Waals surface area (Å²) in [6.07, 6.45) is 10.9. The highest BCUT2D eigenvalue weighted by Crippen LogP contribution is 2.13. The van der Waals surface area contributed by atoms with Gasteiger partial charge in [0.1, 0.15) is 5.75 Å². The fraction of sp³-hybridized carbons (Fsp3) is 0.369. The number of ether oxygens (including phenoxy) is 7. The van der Waals surface area contributed by atoms with Crippen molar-refractivity contribution in [2.75, 3.05) is 59.8 Å². The first kappa shape index (κ1) is 87.9. The summed E-state index contributed by atoms with van der Waals surface area (Å²) in [5.74, 6) is -2.02. The van der Waals surface area contributed by atoms with Gasteiger partial charge in [0.2, 0.25) is 11.8 Å². The number of hydrogen-bond donors (Lipinski definition) is 2. The van der Waals surface area contributed by atoms with Crippen molar-refractivity contribution in [3.8, 4) is 5.75 Å². The van der Waals surface area contributed by atoms with Gasteiger partial charge in [-0.25, -0.2) is 28.8 Å². The summed E-state index contributed by atoms with van der Waals surface area (Å²) >= 11 is 0. The predicted octanol–water partition coefficient (Wildman–Crippen LogP) is 11.6. The number of nitrogens with one attached hydrogen (secondary N) is 2. The molecule has 2 N–H and O–H groups in total. The molecule has 83 heavy (non-hydrogen) atoms. The van der Waals surface area contributed by atoms with E-state index < -0.39 is 23.9 Å². The van der Waals surface area contributed by atoms with E-state index in [0.29, 0.717) is 54.2 Å². The Balaban J connectivity index is -0.000000165. The van der Waals surface area contributed by atoms with Gasteiger partial charge >= 0.3 is 35.8 Å². The van der Waals surface area contributed by atoms with Gasteiger partial charge in [0.05, 0.1) is 46.8 Å². The average molecular weight is 1160 g/mol. The van der Waals surface area contributed by atoms with Crippen LogP contribution >= 0.6 is 0 Å². The second kappa shape index (κ2) is 60.7. The molecular weight excluding hydrogens is 1060 g/mol. The molecule has 0 saturated carbocycles. The molecular formula is C65H96N2O16. The number of ketones is 1. The summed E-state index contributed by atoms with van der Waals surface area (Å²) in [4.78, 5) is 96.5. The minimum atomic E-state index is -0.480. The summed E-state index contributed by atoms with van der Waals surface area (Å²) < 4.78 is 33.3. The third-order valence-corrected chi connectivity index (χ3v) is 8.28. The van der Waals surface area contributed by atoms with Crippen LogP contribution in [0, 0.1) is 11.8 Å². The van der Waals surface area contributed by atoms with Gasteiger partial charge in [-0.3, -0.25) is 14.4 Å². The number of rotatable bonds is 25. The Morgan fingerprint density at radius 3 is 1.14 bits per heavy atom. The van der Waals surface area contributed by atoms with E-state index >= 15 is 0 Å². The van der Waals surface area contributed by atoms with Crippen molar-refractivity contribution in [1.82, 2.24) is 10.6 Å². The summed E-state index contributed by atoms with van der Waals surface area (Å²) in [5.41, 5.74) is 3.39. The molecule has 462 valence electrons. The zero-order chi connectivity index (χ0) is 64.4. The average Bonchev–Trinajstić information content (AvgIpc) is 3.47. The zero-order valence-electron chi connectivity index (χ0n) is 50.7. The Bertz CT molecular complexity index is 2230. The lowest BCUT2D eigenvalue weighted by atomic mass is 10.1. The van der Waals surface area contributed by atoms with E-state index in [1.54, 1.807) is 85.9 Å². The molecule has 0 aromatic heterocycles. The van der Waals surface area contributed by atoms with E-state index in [2.05, 4.69) is 86.2 Å². The van der Waals surface area contributed by atoms with Crippen LogP contribution < -0.4 is 15.4 Å². The van der Waals surface area contributed by atoms with Crippen molar-refractivity contribution >= 4 is 59.5 Å². The van der Waals surface area contributed by atoms with Gasteiger partial charge in [0.25, 0.3) is 0 Å². The number of methoxy groups -OCH3 is 1. The molecule has 0 fully saturated rings. The molecule has 0 radical (unpaired) electrons. The minimum Gasteiger partial charge on any atom is -0.497 e. The first-order chi connectivity index (χ1) is 38.6. The van der Waals surface area contributed by atoms with Crippen LogP contribution in [0.25, 0.3) is 6.08 Å². The second-order valence-electron chi connectivity index (χ2n) is 16.4. The number of carbonyl (C=O) groups is 9. The molecule has 0 atom stereocenters. The van der Waals surface area contributed by atoms with E-state index in [-0.39, 0.29) is 75.2 Å². The molecule has 0 spiro atoms. The van der Waals surface area contributed by atoms with Crippen molar-refractivity contribution in [1.29, 1.82) is 0 Å². The van der Waals surface area contributed by atoms with Gasteiger partial charge in [0.15, 0.2) is 5.78 Å². The number of likely N-dealkylation sites (N-methyl/N-ethyl adjacent to an activating group) is 2. The SMILES string of the molecule is C.C=C(C)C(=O)NCC.C=C(C)C(=O)OCC.C=C(C)C(=O)OCC(C)COC(=O)C(=C)C.C=CC(=O)NCC.C=CC(=O)OCC.C=CC(=O)OCC(C)COC(=O)C=C.C=CCC.COc1ccc(C(=O)C=Cc2ccccc2)cc1. The molecule has 2 aromatic carbocycles. The fourth-order valence-electron chi connectivity index (χ4n) is 3.95. The number of allylic oxidation sites excluding steroid dienone is 2. The van der Waals surface area contributed by atoms with E-state index in [1.807, 2.05) is 63.3 Å². The van der Waals surface area contributed by atoms with Crippen molar-refractivity contribution in [3.05, 3.63) is 184 Å². The zero-order valence-corrected chi connectivity index (χ0v) is 50.7. The first-order valence-corrected chi connectivity index (χ1v) is 25.8. The minimum absolute atomic E-state index is 0. The number of benzene rings is 2. The van der Waals surface area contributed by atoms with Crippen LogP contribution in [0.5, 0.6) is 5.75 Å². The molecule has 2 amide bonds. The molecule has 18 nitrogen and oxygen atoms in total. The van der Waals surface area contributed by atoms with E-state index in [0.717, 1.165) is 36.0 Å². The maximum Gasteiger partial charge on any atom is 0.333 e. The Morgan fingerprint density at radius 2 is 0.880 bits per heavy atom. The second-order valence-corrected chi connectivity index (χ2v) is 16.4. The monoisotopic (exact) mass is 1160 g/mol. The normalized spacial score (nSPS) is 8.89. The topological polar surface area (TPSA) is 242 Å². The fourth-order valence-corrected chi connectivity index (χ4v) is 3.95. The van der Waals surface area contributed by atoms with Crippen molar-refractivity contribution in [2.45, 2.75) is 90.0 Å². The number of hydrogen-bond acceptors (Lipinski definition) is 16. The highest BCUT2D eigenvalue weighted by atomic mass is 16.6. The summed E-state index contributed by atoms with van der Waals surface area (Å²) in [5, 5.41) is 5.14. The molecule has 0 unspecified atom stereocenters. The van der Waals surface area contributed by atoms with Crippen molar-refractivity contribution in [3.63, 3.8) is 0 Å². The lowest BCUT2D eigenvalue weighted by Crippen LogP contribution is -2.22. The molecule has 0 aliphatic rings. The van der Waals surface area contributed by atoms with Crippen LogP contribution in [-0.2, 0) is 66.8 Å². The maximum absolute atomic E-state index is 11.9. The number of carbonyl (C=O) groups excluding carboxylic acids is 9. The molecule has 0 aliphatic carbocycles. The molecule has 0 heterocycles. The van der Waals surface area contributed by atoms with Gasteiger partial charge in [-0.15, -0.1) is 6.58 Å². The lowest BCUT2D eigenvalue weighted by Gasteiger charge is -2.12. The van der Waals surface area contributed by atoms with Crippen LogP contribution in [-0.4, -0.2) is 113 Å². The van der Waals surface area contributed by atoms with E-state index in [9.17, 15) is 43.2 Å². The van der Waals surface area contributed by atoms with Crippen LogP contribution in [0.3, 0.4) is 0 Å². The smallest absolute Gasteiger partial charge is 0.333 e. The highest BCUT2D eigenvalue weighted by Gasteiger charge is 2.11. The molecule has 18 heteroatoms. The van der Waals surface area contributed by atoms with Crippen LogP contribution in [0.4, 0.5) is 0 Å². The molecule has 0 aliphatic heterocycles. The van der Waals surface area contributed by atoms with Crippen LogP contribution in [0.15, 0.2) is 173 Å². The van der Waals surface area contributed by atoms with Crippen molar-refractivity contribution < 1.29 is 76.3 Å². The maximum atomic E-state index is 11.9. The van der Waals surface area contributed by atoms with Gasteiger partial charge in [-0.05, 0) is 104 Å². The Morgan fingerprint density at radius 1 is 0.506 bits per heavy atom. The number of esters is 6. The van der Waals surface area contributed by atoms with Crippen LogP contribution in [0.1, 0.15) is 106 Å². The Hall–Kier alpha value is -8.93. The van der Waals surface area contributed by atoms with E-state index in [1.165, 1.54) is 6.08 Å².